The van der Waals surface area contributed by atoms with Crippen LogP contribution in [-0.4, -0.2) is 10.6 Å². The number of hydrogen-bond acceptors (Lipinski definition) is 3. The van der Waals surface area contributed by atoms with Crippen LogP contribution in [0, 0.1) is 37.5 Å². The lowest BCUT2D eigenvalue weighted by molar-refractivity contribution is 0.164. The number of aromatic nitrogens is 1. The van der Waals surface area contributed by atoms with Gasteiger partial charge >= 0.3 is 0 Å². The molecule has 0 aromatic carbocycles. The molecule has 1 heterocycles. The molecule has 0 saturated heterocycles. The van der Waals surface area contributed by atoms with Crippen LogP contribution in [0.2, 0.25) is 0 Å². The van der Waals surface area contributed by atoms with Gasteiger partial charge in [0.1, 0.15) is 11.6 Å². The van der Waals surface area contributed by atoms with Crippen molar-refractivity contribution < 1.29 is 4.74 Å². The highest BCUT2D eigenvalue weighted by Gasteiger charge is 2.20. The molecule has 0 unspecified atom stereocenters. The molecule has 1 rings (SSSR count). The van der Waals surface area contributed by atoms with Gasteiger partial charge in [-0.3, -0.25) is 0 Å². The Balaban J connectivity index is 3.25. The molecular weight excluding hydrogens is 200 g/mol. The zero-order valence-electron chi connectivity index (χ0n) is 9.96. The first-order chi connectivity index (χ1) is 7.39. The van der Waals surface area contributed by atoms with Crippen molar-refractivity contribution in [2.75, 3.05) is 0 Å². The molecule has 3 nitrogen and oxygen atoms in total. The molecule has 0 aliphatic rings. The van der Waals surface area contributed by atoms with Crippen molar-refractivity contribution in [3.63, 3.8) is 0 Å². The van der Waals surface area contributed by atoms with Gasteiger partial charge in [0.25, 0.3) is 0 Å². The summed E-state index contributed by atoms with van der Waals surface area (Å²) in [5.41, 5.74) is 1.32. The summed E-state index contributed by atoms with van der Waals surface area (Å²) in [4.78, 5) is 4.20. The summed E-state index contributed by atoms with van der Waals surface area (Å²) in [6.45, 7) is 7.22. The van der Waals surface area contributed by atoms with Crippen molar-refractivity contribution in [1.29, 1.82) is 5.26 Å². The van der Waals surface area contributed by atoms with Crippen LogP contribution in [0.15, 0.2) is 6.07 Å². The van der Waals surface area contributed by atoms with E-state index in [1.165, 1.54) is 0 Å². The lowest BCUT2D eigenvalue weighted by Gasteiger charge is -2.20. The van der Waals surface area contributed by atoms with Crippen LogP contribution in [0.3, 0.4) is 0 Å². The monoisotopic (exact) mass is 214 g/mol. The molecule has 0 N–H and O–H groups in total. The molecule has 0 atom stereocenters. The molecule has 0 spiro atoms. The Hall–Kier alpha value is -2.00. The molecule has 0 fully saturated rings. The summed E-state index contributed by atoms with van der Waals surface area (Å²) < 4.78 is 5.56. The summed E-state index contributed by atoms with van der Waals surface area (Å²) in [7, 11) is 0. The predicted molar refractivity (Wildman–Crippen MR) is 62.0 cm³/mol. The van der Waals surface area contributed by atoms with E-state index in [1.54, 1.807) is 13.8 Å². The van der Waals surface area contributed by atoms with Crippen molar-refractivity contribution in [2.24, 2.45) is 0 Å². The third-order valence-corrected chi connectivity index (χ3v) is 2.12. The maximum Gasteiger partial charge on any atom is 0.233 e. The smallest absolute Gasteiger partial charge is 0.233 e. The molecule has 1 aromatic rings. The summed E-state index contributed by atoms with van der Waals surface area (Å²) >= 11 is 0. The molecule has 0 bridgehead atoms. The van der Waals surface area contributed by atoms with Gasteiger partial charge in [0, 0.05) is 5.69 Å². The number of nitrogens with zero attached hydrogens (tertiary/aromatic N) is 2. The number of rotatable bonds is 2. The van der Waals surface area contributed by atoms with Crippen molar-refractivity contribution in [2.45, 2.75) is 33.3 Å². The molecule has 0 amide bonds. The Kier molecular flexibility index (Phi) is 3.20. The second kappa shape index (κ2) is 4.24. The van der Waals surface area contributed by atoms with Crippen LogP contribution in [-0.2, 0) is 0 Å². The van der Waals surface area contributed by atoms with Gasteiger partial charge in [-0.1, -0.05) is 5.92 Å². The number of nitriles is 1. The van der Waals surface area contributed by atoms with Crippen molar-refractivity contribution in [1.82, 2.24) is 4.98 Å². The third-order valence-electron chi connectivity index (χ3n) is 2.12. The minimum Gasteiger partial charge on any atom is -0.457 e. The van der Waals surface area contributed by atoms with E-state index in [4.69, 9.17) is 16.4 Å². The van der Waals surface area contributed by atoms with E-state index in [-0.39, 0.29) is 0 Å². The van der Waals surface area contributed by atoms with E-state index in [0.29, 0.717) is 11.4 Å². The van der Waals surface area contributed by atoms with Gasteiger partial charge in [-0.2, -0.15) is 5.26 Å². The number of ether oxygens (including phenoxy) is 1. The second-order valence-corrected chi connectivity index (χ2v) is 4.13. The number of hydrogen-bond donors (Lipinski definition) is 0. The van der Waals surface area contributed by atoms with Crippen molar-refractivity contribution in [3.05, 3.63) is 22.9 Å². The Morgan fingerprint density at radius 1 is 1.44 bits per heavy atom. The molecule has 1 aromatic heterocycles. The highest BCUT2D eigenvalue weighted by atomic mass is 16.5. The number of pyridine rings is 1. The molecule has 3 heteroatoms. The first-order valence-corrected chi connectivity index (χ1v) is 4.95. The molecular formula is C13H14N2O. The summed E-state index contributed by atoms with van der Waals surface area (Å²) in [5, 5.41) is 9.04. The fourth-order valence-electron chi connectivity index (χ4n) is 1.28. The van der Waals surface area contributed by atoms with Gasteiger partial charge in [0.05, 0.1) is 0 Å². The van der Waals surface area contributed by atoms with Crippen LogP contribution in [0.25, 0.3) is 0 Å². The van der Waals surface area contributed by atoms with Crippen LogP contribution < -0.4 is 4.74 Å². The van der Waals surface area contributed by atoms with E-state index in [2.05, 4.69) is 17.0 Å². The minimum atomic E-state index is -0.765. The highest BCUT2D eigenvalue weighted by molar-refractivity contribution is 5.45. The van der Waals surface area contributed by atoms with Gasteiger partial charge in [0.15, 0.2) is 5.60 Å². The second-order valence-electron chi connectivity index (χ2n) is 4.13. The highest BCUT2D eigenvalue weighted by Crippen LogP contribution is 2.23. The van der Waals surface area contributed by atoms with Crippen molar-refractivity contribution >= 4 is 0 Å². The maximum atomic E-state index is 9.04. The van der Waals surface area contributed by atoms with Gasteiger partial charge in [-0.15, -0.1) is 6.42 Å². The van der Waals surface area contributed by atoms with E-state index in [1.807, 2.05) is 19.9 Å². The quantitative estimate of drug-likeness (QED) is 0.710. The van der Waals surface area contributed by atoms with Crippen LogP contribution >= 0.6 is 0 Å². The molecule has 0 saturated carbocycles. The lowest BCUT2D eigenvalue weighted by atomic mass is 10.1. The first kappa shape index (κ1) is 12.1. The largest absolute Gasteiger partial charge is 0.457 e. The standard InChI is InChI=1S/C13H14N2O/c1-6-13(4,5)16-12-11(8-14)9(2)7-10(3)15-12/h1,7H,2-5H3. The van der Waals surface area contributed by atoms with E-state index >= 15 is 0 Å². The van der Waals surface area contributed by atoms with Crippen LogP contribution in [0.5, 0.6) is 5.88 Å². The minimum absolute atomic E-state index is 0.308. The molecule has 82 valence electrons. The number of terminal acetylenes is 1. The molecule has 0 radical (unpaired) electrons. The maximum absolute atomic E-state index is 9.04. The topological polar surface area (TPSA) is 45.9 Å². The Morgan fingerprint density at radius 3 is 2.56 bits per heavy atom. The molecule has 0 aliphatic heterocycles. The lowest BCUT2D eigenvalue weighted by Crippen LogP contribution is -2.26. The van der Waals surface area contributed by atoms with E-state index < -0.39 is 5.60 Å². The average molecular weight is 214 g/mol. The Labute approximate surface area is 96.1 Å². The van der Waals surface area contributed by atoms with Gasteiger partial charge in [-0.05, 0) is 39.3 Å². The van der Waals surface area contributed by atoms with E-state index in [9.17, 15) is 0 Å². The fraction of sp³-hybridized carbons (Fsp3) is 0.385. The summed E-state index contributed by atoms with van der Waals surface area (Å²) in [6, 6.07) is 3.92. The van der Waals surface area contributed by atoms with Crippen molar-refractivity contribution in [3.8, 4) is 24.3 Å². The van der Waals surface area contributed by atoms with Gasteiger partial charge in [-0.25, -0.2) is 4.98 Å². The Morgan fingerprint density at radius 2 is 2.06 bits per heavy atom. The molecule has 16 heavy (non-hydrogen) atoms. The Bertz CT molecular complexity index is 490. The fourth-order valence-corrected chi connectivity index (χ4v) is 1.28. The first-order valence-electron chi connectivity index (χ1n) is 4.95. The van der Waals surface area contributed by atoms with Gasteiger partial charge < -0.3 is 4.74 Å². The zero-order chi connectivity index (χ0) is 12.3. The van der Waals surface area contributed by atoms with Crippen LogP contribution in [0.4, 0.5) is 0 Å². The van der Waals surface area contributed by atoms with Gasteiger partial charge in [0.2, 0.25) is 5.88 Å². The summed E-state index contributed by atoms with van der Waals surface area (Å²) in [6.07, 6.45) is 5.34. The summed E-state index contributed by atoms with van der Waals surface area (Å²) in [5.74, 6) is 2.82. The number of aryl methyl sites for hydroxylation is 2. The normalized spacial score (nSPS) is 10.4. The van der Waals surface area contributed by atoms with Crippen LogP contribution in [0.1, 0.15) is 30.7 Å². The average Bonchev–Trinajstić information content (AvgIpc) is 2.16. The SMILES string of the molecule is C#CC(C)(C)Oc1nc(C)cc(C)c1C#N. The predicted octanol–water partition coefficient (Wildman–Crippen LogP) is 2.36. The van der Waals surface area contributed by atoms with E-state index in [0.717, 1.165) is 11.3 Å². The zero-order valence-corrected chi connectivity index (χ0v) is 9.96. The third kappa shape index (κ3) is 2.52. The molecule has 0 aliphatic carbocycles.